The lowest BCUT2D eigenvalue weighted by Gasteiger charge is -2.30. The van der Waals surface area contributed by atoms with Crippen LogP contribution in [0, 0.1) is 5.92 Å². The average molecular weight is 567 g/mol. The van der Waals surface area contributed by atoms with Crippen LogP contribution in [0.5, 0.6) is 0 Å². The molecule has 1 unspecified atom stereocenters. The fourth-order valence-corrected chi connectivity index (χ4v) is 7.38. The Morgan fingerprint density at radius 2 is 2.09 bits per heavy atom. The highest BCUT2D eigenvalue weighted by Gasteiger charge is 2.29. The topological polar surface area (TPSA) is 64.4 Å². The van der Waals surface area contributed by atoms with E-state index in [2.05, 4.69) is 39.6 Å². The third-order valence-corrected chi connectivity index (χ3v) is 9.48. The molecule has 0 amide bonds. The highest BCUT2D eigenvalue weighted by molar-refractivity contribution is 9.10. The number of aromatic nitrogens is 2. The van der Waals surface area contributed by atoms with Gasteiger partial charge in [0.25, 0.3) is 0 Å². The first-order valence-electron chi connectivity index (χ1n) is 11.8. The third kappa shape index (κ3) is 6.05. The van der Waals surface area contributed by atoms with Crippen molar-refractivity contribution in [2.24, 2.45) is 5.92 Å². The Hall–Kier alpha value is -1.39. The van der Waals surface area contributed by atoms with Gasteiger partial charge in [0.1, 0.15) is 0 Å². The van der Waals surface area contributed by atoms with E-state index in [-0.39, 0.29) is 0 Å². The molecule has 1 aliphatic heterocycles. The number of nitrogens with zero attached hydrogens (tertiary/aromatic N) is 3. The number of hydrogen-bond acceptors (Lipinski definition) is 5. The second kappa shape index (κ2) is 11.6. The van der Waals surface area contributed by atoms with Crippen molar-refractivity contribution in [2.45, 2.75) is 55.5 Å². The highest BCUT2D eigenvalue weighted by atomic mass is 79.9. The number of thioether (sulfide) groups is 1. The number of piperidine rings is 1. The maximum absolute atomic E-state index is 13.3. The van der Waals surface area contributed by atoms with Gasteiger partial charge < -0.3 is 9.30 Å². The minimum atomic E-state index is -3.52. The van der Waals surface area contributed by atoms with Crippen molar-refractivity contribution in [3.63, 3.8) is 0 Å². The van der Waals surface area contributed by atoms with Crippen LogP contribution in [0.15, 0.2) is 57.0 Å². The second-order valence-electron chi connectivity index (χ2n) is 8.78. The molecule has 6 nitrogen and oxygen atoms in total. The van der Waals surface area contributed by atoms with Gasteiger partial charge in [-0.2, -0.15) is 4.31 Å². The number of rotatable bonds is 10. The number of sulfonamides is 1. The zero-order chi connectivity index (χ0) is 24.1. The van der Waals surface area contributed by atoms with Crippen molar-refractivity contribution < 1.29 is 13.2 Å². The molecule has 1 fully saturated rings. The summed E-state index contributed by atoms with van der Waals surface area (Å²) in [6, 6.07) is 13.6. The van der Waals surface area contributed by atoms with Crippen molar-refractivity contribution >= 4 is 48.7 Å². The van der Waals surface area contributed by atoms with Gasteiger partial charge in [0, 0.05) is 43.1 Å². The molecule has 2 heterocycles. The van der Waals surface area contributed by atoms with Gasteiger partial charge in [0.15, 0.2) is 5.16 Å². The van der Waals surface area contributed by atoms with Crippen molar-refractivity contribution in [3.05, 3.63) is 52.5 Å². The van der Waals surface area contributed by atoms with Crippen molar-refractivity contribution in [1.29, 1.82) is 0 Å². The van der Waals surface area contributed by atoms with Gasteiger partial charge in [-0.25, -0.2) is 13.4 Å². The molecule has 0 spiro atoms. The molecule has 0 radical (unpaired) electrons. The van der Waals surface area contributed by atoms with Gasteiger partial charge in [-0.05, 0) is 68.0 Å². The first-order chi connectivity index (χ1) is 16.4. The molecule has 0 saturated carbocycles. The Labute approximate surface area is 215 Å². The highest BCUT2D eigenvalue weighted by Crippen LogP contribution is 2.31. The molecule has 184 valence electrons. The van der Waals surface area contributed by atoms with E-state index >= 15 is 0 Å². The second-order valence-corrected chi connectivity index (χ2v) is 12.6. The van der Waals surface area contributed by atoms with Crippen LogP contribution in [0.2, 0.25) is 0 Å². The lowest BCUT2D eigenvalue weighted by molar-refractivity contribution is 0.141. The Morgan fingerprint density at radius 3 is 2.85 bits per heavy atom. The molecule has 1 aliphatic rings. The molecule has 9 heteroatoms. The number of halogens is 1. The van der Waals surface area contributed by atoms with Gasteiger partial charge in [-0.15, -0.1) is 0 Å². The summed E-state index contributed by atoms with van der Waals surface area (Å²) in [6.07, 6.45) is 2.86. The summed E-state index contributed by atoms with van der Waals surface area (Å²) in [4.78, 5) is 5.20. The number of benzene rings is 2. The standard InChI is InChI=1S/C25H32BrN3O3S2/c1-3-32-14-6-13-29-24-11-10-22(34(30,31)28-12-5-7-19(2)17-28)16-23(24)27-25(29)33-18-20-8-4-9-21(26)15-20/h4,8-11,15-16,19H,3,5-7,12-14,17-18H2,1-2H3. The zero-order valence-electron chi connectivity index (χ0n) is 19.7. The zero-order valence-corrected chi connectivity index (χ0v) is 23.0. The van der Waals surface area contributed by atoms with Crippen LogP contribution < -0.4 is 0 Å². The molecule has 34 heavy (non-hydrogen) atoms. The molecule has 0 aliphatic carbocycles. The summed E-state index contributed by atoms with van der Waals surface area (Å²) in [5.74, 6) is 1.17. The SMILES string of the molecule is CCOCCCn1c(SCc2cccc(Br)c2)nc2cc(S(=O)(=O)N3CCCC(C)C3)ccc21. The summed E-state index contributed by atoms with van der Waals surface area (Å²) in [5, 5.41) is 0.896. The number of hydrogen-bond donors (Lipinski definition) is 0. The number of aryl methyl sites for hydroxylation is 1. The van der Waals surface area contributed by atoms with E-state index in [0.29, 0.717) is 37.1 Å². The molecule has 0 N–H and O–H groups in total. The summed E-state index contributed by atoms with van der Waals surface area (Å²) >= 11 is 5.21. The Balaban J connectivity index is 1.63. The molecular weight excluding hydrogens is 534 g/mol. The monoisotopic (exact) mass is 565 g/mol. The molecule has 1 atom stereocenters. The van der Waals surface area contributed by atoms with Crippen molar-refractivity contribution in [3.8, 4) is 0 Å². The quantitative estimate of drug-likeness (QED) is 0.225. The average Bonchev–Trinajstić information content (AvgIpc) is 3.17. The Morgan fingerprint density at radius 1 is 1.24 bits per heavy atom. The minimum absolute atomic E-state index is 0.330. The van der Waals surface area contributed by atoms with Gasteiger partial charge in [0.05, 0.1) is 15.9 Å². The molecule has 4 rings (SSSR count). The predicted molar refractivity (Wildman–Crippen MR) is 142 cm³/mol. The molecule has 1 aromatic heterocycles. The molecule has 2 aromatic carbocycles. The van der Waals surface area contributed by atoms with Crippen LogP contribution in [0.1, 0.15) is 38.7 Å². The Kier molecular flexibility index (Phi) is 8.74. The van der Waals surface area contributed by atoms with Gasteiger partial charge >= 0.3 is 0 Å². The molecule has 3 aromatic rings. The summed E-state index contributed by atoms with van der Waals surface area (Å²) < 4.78 is 37.0. The Bertz CT molecular complexity index is 1230. The number of imidazole rings is 1. The van der Waals surface area contributed by atoms with E-state index in [1.807, 2.05) is 25.1 Å². The first-order valence-corrected chi connectivity index (χ1v) is 15.1. The number of ether oxygens (including phenoxy) is 1. The molecule has 1 saturated heterocycles. The van der Waals surface area contributed by atoms with E-state index in [0.717, 1.165) is 52.2 Å². The van der Waals surface area contributed by atoms with Crippen LogP contribution >= 0.6 is 27.7 Å². The van der Waals surface area contributed by atoms with E-state index in [1.165, 1.54) is 5.56 Å². The predicted octanol–water partition coefficient (Wildman–Crippen LogP) is 5.94. The third-order valence-electron chi connectivity index (χ3n) is 6.07. The normalized spacial score (nSPS) is 17.4. The van der Waals surface area contributed by atoms with E-state index in [4.69, 9.17) is 9.72 Å². The van der Waals surface area contributed by atoms with E-state index in [1.54, 1.807) is 28.2 Å². The van der Waals surface area contributed by atoms with Crippen molar-refractivity contribution in [1.82, 2.24) is 13.9 Å². The maximum atomic E-state index is 13.3. The van der Waals surface area contributed by atoms with Crippen molar-refractivity contribution in [2.75, 3.05) is 26.3 Å². The molecule has 0 bridgehead atoms. The largest absolute Gasteiger partial charge is 0.382 e. The van der Waals surface area contributed by atoms with Gasteiger partial charge in [-0.3, -0.25) is 0 Å². The summed E-state index contributed by atoms with van der Waals surface area (Å²) in [7, 11) is -3.52. The van der Waals surface area contributed by atoms with Crippen LogP contribution in [-0.4, -0.2) is 48.6 Å². The van der Waals surface area contributed by atoms with Crippen LogP contribution in [-0.2, 0) is 27.1 Å². The number of fused-ring (bicyclic) bond motifs is 1. The first kappa shape index (κ1) is 25.7. The van der Waals surface area contributed by atoms with Crippen LogP contribution in [0.4, 0.5) is 0 Å². The van der Waals surface area contributed by atoms with Crippen LogP contribution in [0.25, 0.3) is 11.0 Å². The maximum Gasteiger partial charge on any atom is 0.243 e. The summed E-state index contributed by atoms with van der Waals surface area (Å²) in [6.45, 7) is 7.44. The summed E-state index contributed by atoms with van der Waals surface area (Å²) in [5.41, 5.74) is 2.88. The van der Waals surface area contributed by atoms with Gasteiger partial charge in [0.2, 0.25) is 10.0 Å². The van der Waals surface area contributed by atoms with E-state index < -0.39 is 10.0 Å². The molecular formula is C25H32BrN3O3S2. The fraction of sp³-hybridized carbons (Fsp3) is 0.480. The fourth-order valence-electron chi connectivity index (χ4n) is 4.33. The lowest BCUT2D eigenvalue weighted by Crippen LogP contribution is -2.39. The minimum Gasteiger partial charge on any atom is -0.382 e. The van der Waals surface area contributed by atoms with E-state index in [9.17, 15) is 8.42 Å². The smallest absolute Gasteiger partial charge is 0.243 e. The van der Waals surface area contributed by atoms with Crippen LogP contribution in [0.3, 0.4) is 0 Å². The van der Waals surface area contributed by atoms with Gasteiger partial charge in [-0.1, -0.05) is 46.7 Å². The lowest BCUT2D eigenvalue weighted by atomic mass is 10.0.